The van der Waals surface area contributed by atoms with Crippen molar-refractivity contribution in [2.24, 2.45) is 0 Å². The van der Waals surface area contributed by atoms with Crippen LogP contribution < -0.4 is 5.32 Å². The van der Waals surface area contributed by atoms with Crippen molar-refractivity contribution in [3.05, 3.63) is 64.9 Å². The minimum Gasteiger partial charge on any atom is -0.358 e. The van der Waals surface area contributed by atoms with Crippen LogP contribution in [0.2, 0.25) is 5.02 Å². The van der Waals surface area contributed by atoms with E-state index in [2.05, 4.69) is 5.32 Å². The summed E-state index contributed by atoms with van der Waals surface area (Å²) in [6, 6.07) is 11.1. The number of hydrogen-bond acceptors (Lipinski definition) is 3. The molecule has 0 bridgehead atoms. The van der Waals surface area contributed by atoms with Gasteiger partial charge in [-0.1, -0.05) is 23.7 Å². The van der Waals surface area contributed by atoms with E-state index in [1.807, 2.05) is 0 Å². The Labute approximate surface area is 145 Å². The van der Waals surface area contributed by atoms with E-state index in [1.165, 1.54) is 55.6 Å². The molecule has 0 aliphatic rings. The number of carbonyl (C=O) groups is 1. The summed E-state index contributed by atoms with van der Waals surface area (Å²) in [5.74, 6) is -0.869. The summed E-state index contributed by atoms with van der Waals surface area (Å²) in [5.41, 5.74) is 0.567. The molecule has 0 atom stereocenters. The zero-order chi connectivity index (χ0) is 17.7. The summed E-state index contributed by atoms with van der Waals surface area (Å²) >= 11 is 5.78. The molecule has 0 radical (unpaired) electrons. The summed E-state index contributed by atoms with van der Waals surface area (Å²) in [6.07, 6.45) is 0. The van der Waals surface area contributed by atoms with Gasteiger partial charge in [0.1, 0.15) is 5.82 Å². The normalized spacial score (nSPS) is 11.5. The minimum atomic E-state index is -3.91. The van der Waals surface area contributed by atoms with Crippen LogP contribution in [-0.4, -0.2) is 32.2 Å². The molecule has 0 spiro atoms. The number of likely N-dealkylation sites (N-methyl/N-ethyl adjacent to an activating group) is 1. The maximum absolute atomic E-state index is 13.0. The van der Waals surface area contributed by atoms with Crippen LogP contribution >= 0.6 is 11.6 Å². The maximum Gasteiger partial charge on any atom is 0.243 e. The second-order valence-corrected chi connectivity index (χ2v) is 7.40. The zero-order valence-corrected chi connectivity index (χ0v) is 14.4. The number of halogens is 2. The second-order valence-electron chi connectivity index (χ2n) is 5.03. The first kappa shape index (κ1) is 18.4. The number of rotatable bonds is 6. The predicted molar refractivity (Wildman–Crippen MR) is 89.5 cm³/mol. The van der Waals surface area contributed by atoms with Gasteiger partial charge in [-0.25, -0.2) is 12.8 Å². The Kier molecular flexibility index (Phi) is 5.93. The largest absolute Gasteiger partial charge is 0.358 e. The van der Waals surface area contributed by atoms with Gasteiger partial charge in [-0.05, 0) is 42.0 Å². The van der Waals surface area contributed by atoms with Crippen LogP contribution in [0.25, 0.3) is 0 Å². The molecule has 0 unspecified atom stereocenters. The van der Waals surface area contributed by atoms with Crippen LogP contribution in [0.1, 0.15) is 5.56 Å². The summed E-state index contributed by atoms with van der Waals surface area (Å²) in [5, 5.41) is 2.80. The van der Waals surface area contributed by atoms with Crippen LogP contribution in [0.3, 0.4) is 0 Å². The molecule has 24 heavy (non-hydrogen) atoms. The monoisotopic (exact) mass is 370 g/mol. The third kappa shape index (κ3) is 4.53. The lowest BCUT2D eigenvalue weighted by Gasteiger charge is -2.21. The van der Waals surface area contributed by atoms with Gasteiger partial charge in [0.2, 0.25) is 15.9 Å². The van der Waals surface area contributed by atoms with Crippen LogP contribution in [0.4, 0.5) is 4.39 Å². The van der Waals surface area contributed by atoms with Crippen molar-refractivity contribution in [1.82, 2.24) is 9.62 Å². The molecule has 0 aliphatic heterocycles. The van der Waals surface area contributed by atoms with Gasteiger partial charge in [-0.2, -0.15) is 4.31 Å². The Morgan fingerprint density at radius 3 is 2.25 bits per heavy atom. The summed E-state index contributed by atoms with van der Waals surface area (Å²) in [6.45, 7) is -0.405. The topological polar surface area (TPSA) is 66.5 Å². The molecule has 2 rings (SSSR count). The number of carbonyl (C=O) groups excluding carboxylic acids is 1. The van der Waals surface area contributed by atoms with Crippen molar-refractivity contribution in [2.45, 2.75) is 11.4 Å². The summed E-state index contributed by atoms with van der Waals surface area (Å²) < 4.78 is 39.6. The highest BCUT2D eigenvalue weighted by Gasteiger charge is 2.26. The zero-order valence-electron chi connectivity index (χ0n) is 12.9. The fraction of sp³-hybridized carbons (Fsp3) is 0.188. The molecule has 1 N–H and O–H groups in total. The molecule has 2 aromatic rings. The van der Waals surface area contributed by atoms with E-state index >= 15 is 0 Å². The Morgan fingerprint density at radius 1 is 1.12 bits per heavy atom. The average Bonchev–Trinajstić information content (AvgIpc) is 2.56. The molecule has 0 fully saturated rings. The molecule has 2 aromatic carbocycles. The first-order valence-electron chi connectivity index (χ1n) is 7.03. The van der Waals surface area contributed by atoms with Crippen molar-refractivity contribution >= 4 is 27.5 Å². The Balaban J connectivity index is 2.35. The van der Waals surface area contributed by atoms with E-state index in [9.17, 15) is 17.6 Å². The minimum absolute atomic E-state index is 0.0258. The van der Waals surface area contributed by atoms with Crippen LogP contribution in [0.5, 0.6) is 0 Å². The number of hydrogen-bond donors (Lipinski definition) is 1. The highest BCUT2D eigenvalue weighted by atomic mass is 35.5. The molecule has 0 saturated heterocycles. The van der Waals surface area contributed by atoms with Gasteiger partial charge in [0, 0.05) is 18.6 Å². The molecular weight excluding hydrogens is 355 g/mol. The number of sulfonamides is 1. The van der Waals surface area contributed by atoms with E-state index in [0.29, 0.717) is 10.6 Å². The van der Waals surface area contributed by atoms with Gasteiger partial charge in [0.05, 0.1) is 11.4 Å². The fourth-order valence-corrected chi connectivity index (χ4v) is 3.52. The molecule has 0 heterocycles. The van der Waals surface area contributed by atoms with Gasteiger partial charge in [0.25, 0.3) is 0 Å². The third-order valence-electron chi connectivity index (χ3n) is 3.32. The summed E-state index contributed by atoms with van der Waals surface area (Å²) in [7, 11) is -2.49. The summed E-state index contributed by atoms with van der Waals surface area (Å²) in [4.78, 5) is 11.7. The standard InChI is InChI=1S/C16H16ClFN2O3S/c1-19-16(21)11-20(10-12-2-6-14(18)7-3-12)24(22,23)15-8-4-13(17)5-9-15/h2-9H,10-11H2,1H3,(H,19,21). The van der Waals surface area contributed by atoms with E-state index in [4.69, 9.17) is 11.6 Å². The smallest absolute Gasteiger partial charge is 0.243 e. The van der Waals surface area contributed by atoms with Gasteiger partial charge >= 0.3 is 0 Å². The number of nitrogens with one attached hydrogen (secondary N) is 1. The second kappa shape index (κ2) is 7.74. The van der Waals surface area contributed by atoms with E-state index in [0.717, 1.165) is 4.31 Å². The molecule has 0 aromatic heterocycles. The van der Waals surface area contributed by atoms with Gasteiger partial charge < -0.3 is 5.32 Å². The van der Waals surface area contributed by atoms with E-state index < -0.39 is 21.7 Å². The molecule has 1 amide bonds. The van der Waals surface area contributed by atoms with Crippen molar-refractivity contribution in [3.8, 4) is 0 Å². The molecule has 5 nitrogen and oxygen atoms in total. The molecular formula is C16H16ClFN2O3S. The quantitative estimate of drug-likeness (QED) is 0.849. The van der Waals surface area contributed by atoms with Gasteiger partial charge in [0.15, 0.2) is 0 Å². The Bertz CT molecular complexity index is 808. The first-order chi connectivity index (χ1) is 11.3. The highest BCUT2D eigenvalue weighted by Crippen LogP contribution is 2.20. The molecule has 0 saturated carbocycles. The highest BCUT2D eigenvalue weighted by molar-refractivity contribution is 7.89. The molecule has 0 aliphatic carbocycles. The van der Waals surface area contributed by atoms with Crippen molar-refractivity contribution < 1.29 is 17.6 Å². The lowest BCUT2D eigenvalue weighted by Crippen LogP contribution is -2.39. The number of amides is 1. The van der Waals surface area contributed by atoms with E-state index in [1.54, 1.807) is 0 Å². The van der Waals surface area contributed by atoms with Crippen molar-refractivity contribution in [3.63, 3.8) is 0 Å². The number of benzene rings is 2. The average molecular weight is 371 g/mol. The first-order valence-corrected chi connectivity index (χ1v) is 8.85. The fourth-order valence-electron chi connectivity index (χ4n) is 2.01. The lowest BCUT2D eigenvalue weighted by atomic mass is 10.2. The van der Waals surface area contributed by atoms with E-state index in [-0.39, 0.29) is 18.0 Å². The Morgan fingerprint density at radius 2 is 1.71 bits per heavy atom. The van der Waals surface area contributed by atoms with Crippen molar-refractivity contribution in [1.29, 1.82) is 0 Å². The Hall–Kier alpha value is -1.96. The van der Waals surface area contributed by atoms with Gasteiger partial charge in [-0.3, -0.25) is 4.79 Å². The van der Waals surface area contributed by atoms with Crippen LogP contribution in [0.15, 0.2) is 53.4 Å². The van der Waals surface area contributed by atoms with Crippen molar-refractivity contribution in [2.75, 3.05) is 13.6 Å². The van der Waals surface area contributed by atoms with Crippen LogP contribution in [0, 0.1) is 5.82 Å². The SMILES string of the molecule is CNC(=O)CN(Cc1ccc(F)cc1)S(=O)(=O)c1ccc(Cl)cc1. The molecule has 128 valence electrons. The predicted octanol–water partition coefficient (Wildman–Crippen LogP) is 2.42. The third-order valence-corrected chi connectivity index (χ3v) is 5.38. The number of nitrogens with zero attached hydrogens (tertiary/aromatic N) is 1. The lowest BCUT2D eigenvalue weighted by molar-refractivity contribution is -0.120. The van der Waals surface area contributed by atoms with Crippen LogP contribution in [-0.2, 0) is 21.4 Å². The maximum atomic E-state index is 13.0. The molecule has 8 heteroatoms. The van der Waals surface area contributed by atoms with Gasteiger partial charge in [-0.15, -0.1) is 0 Å².